The van der Waals surface area contributed by atoms with Gasteiger partial charge in [0.1, 0.15) is 13.2 Å². The highest BCUT2D eigenvalue weighted by Gasteiger charge is 1.95. The second kappa shape index (κ2) is 5.49. The van der Waals surface area contributed by atoms with E-state index in [0.29, 0.717) is 0 Å². The summed E-state index contributed by atoms with van der Waals surface area (Å²) in [6.45, 7) is 0.253. The minimum atomic E-state index is -0.452. The van der Waals surface area contributed by atoms with Crippen LogP contribution in [0.4, 0.5) is 0 Å². The first kappa shape index (κ1) is 8.35. The molecule has 5 nitrogen and oxygen atoms in total. The number of hydrogen-bond acceptors (Lipinski definition) is 5. The SMILES string of the molecule is NCC(=O)OCCON. The fraction of sp³-hybridized carbons (Fsp3) is 0.750. The van der Waals surface area contributed by atoms with Crippen LogP contribution in [-0.2, 0) is 14.4 Å². The van der Waals surface area contributed by atoms with Crippen molar-refractivity contribution in [3.63, 3.8) is 0 Å². The molecule has 0 aliphatic heterocycles. The van der Waals surface area contributed by atoms with Crippen LogP contribution in [0.15, 0.2) is 0 Å². The summed E-state index contributed by atoms with van der Waals surface area (Å²) in [4.78, 5) is 14.4. The van der Waals surface area contributed by atoms with E-state index in [4.69, 9.17) is 5.73 Å². The maximum absolute atomic E-state index is 10.2. The summed E-state index contributed by atoms with van der Waals surface area (Å²) >= 11 is 0. The fourth-order valence-corrected chi connectivity index (χ4v) is 0.263. The third-order valence-electron chi connectivity index (χ3n) is 0.631. The number of rotatable bonds is 4. The predicted molar refractivity (Wildman–Crippen MR) is 30.2 cm³/mol. The highest BCUT2D eigenvalue weighted by Crippen LogP contribution is 1.73. The lowest BCUT2D eigenvalue weighted by Gasteiger charge is -1.99. The molecule has 0 radical (unpaired) electrons. The number of esters is 1. The number of carbonyl (C=O) groups is 1. The van der Waals surface area contributed by atoms with Crippen molar-refractivity contribution < 1.29 is 14.4 Å². The van der Waals surface area contributed by atoms with Crippen molar-refractivity contribution in [2.75, 3.05) is 19.8 Å². The van der Waals surface area contributed by atoms with Gasteiger partial charge in [-0.15, -0.1) is 0 Å². The molecule has 0 spiro atoms. The summed E-state index contributed by atoms with van der Waals surface area (Å²) in [7, 11) is 0. The molecule has 0 amide bonds. The van der Waals surface area contributed by atoms with Crippen LogP contribution in [0.5, 0.6) is 0 Å². The molecule has 0 aliphatic rings. The van der Waals surface area contributed by atoms with Gasteiger partial charge in [0.15, 0.2) is 0 Å². The van der Waals surface area contributed by atoms with E-state index in [-0.39, 0.29) is 19.8 Å². The Hall–Kier alpha value is -0.650. The number of carbonyl (C=O) groups excluding carboxylic acids is 1. The van der Waals surface area contributed by atoms with E-state index in [1.807, 2.05) is 0 Å². The van der Waals surface area contributed by atoms with Crippen LogP contribution in [0.1, 0.15) is 0 Å². The third-order valence-corrected chi connectivity index (χ3v) is 0.631. The molecule has 0 saturated heterocycles. The lowest BCUT2D eigenvalue weighted by atomic mass is 10.7. The molecule has 0 rings (SSSR count). The topological polar surface area (TPSA) is 87.6 Å². The zero-order valence-corrected chi connectivity index (χ0v) is 5.00. The molecule has 54 valence electrons. The summed E-state index contributed by atoms with van der Waals surface area (Å²) in [6, 6.07) is 0. The van der Waals surface area contributed by atoms with Crippen LogP contribution in [0.3, 0.4) is 0 Å². The summed E-state index contributed by atoms with van der Waals surface area (Å²) in [6.07, 6.45) is 0. The third kappa shape index (κ3) is 5.22. The lowest BCUT2D eigenvalue weighted by molar-refractivity contribution is -0.143. The first-order chi connectivity index (χ1) is 4.31. The summed E-state index contributed by atoms with van der Waals surface area (Å²) in [5.74, 6) is 4.18. The van der Waals surface area contributed by atoms with Crippen LogP contribution >= 0.6 is 0 Å². The van der Waals surface area contributed by atoms with Crippen LogP contribution in [-0.4, -0.2) is 25.7 Å². The maximum Gasteiger partial charge on any atom is 0.319 e. The largest absolute Gasteiger partial charge is 0.462 e. The molecular weight excluding hydrogens is 124 g/mol. The molecule has 0 aromatic carbocycles. The summed E-state index contributed by atoms with van der Waals surface area (Å²) in [5, 5.41) is 0. The van der Waals surface area contributed by atoms with Crippen molar-refractivity contribution in [3.05, 3.63) is 0 Å². The van der Waals surface area contributed by atoms with Gasteiger partial charge >= 0.3 is 5.97 Å². The number of ether oxygens (including phenoxy) is 1. The molecule has 0 aromatic heterocycles. The van der Waals surface area contributed by atoms with Gasteiger partial charge in [-0.2, -0.15) is 0 Å². The van der Waals surface area contributed by atoms with Crippen molar-refractivity contribution in [2.45, 2.75) is 0 Å². The average Bonchev–Trinajstić information content (AvgIpc) is 1.89. The van der Waals surface area contributed by atoms with E-state index in [0.717, 1.165) is 0 Å². The minimum Gasteiger partial charge on any atom is -0.462 e. The van der Waals surface area contributed by atoms with Gasteiger partial charge in [0.2, 0.25) is 0 Å². The monoisotopic (exact) mass is 134 g/mol. The predicted octanol–water partition coefficient (Wildman–Crippen LogP) is -1.62. The number of nitrogens with two attached hydrogens (primary N) is 2. The fourth-order valence-electron chi connectivity index (χ4n) is 0.263. The molecular formula is C4H10N2O3. The smallest absolute Gasteiger partial charge is 0.319 e. The van der Waals surface area contributed by atoms with E-state index in [9.17, 15) is 4.79 Å². The Bertz CT molecular complexity index is 85.9. The highest BCUT2D eigenvalue weighted by atomic mass is 16.6. The second-order valence-electron chi connectivity index (χ2n) is 1.30. The van der Waals surface area contributed by atoms with Crippen LogP contribution in [0, 0.1) is 0 Å². The molecule has 0 fully saturated rings. The van der Waals surface area contributed by atoms with Crippen LogP contribution < -0.4 is 11.6 Å². The molecule has 0 aromatic rings. The normalized spacial score (nSPS) is 9.11. The Kier molecular flexibility index (Phi) is 5.09. The van der Waals surface area contributed by atoms with Gasteiger partial charge in [-0.05, 0) is 0 Å². The molecule has 0 bridgehead atoms. The van der Waals surface area contributed by atoms with Crippen LogP contribution in [0.25, 0.3) is 0 Å². The van der Waals surface area contributed by atoms with Gasteiger partial charge in [0, 0.05) is 0 Å². The Balaban J connectivity index is 2.97. The molecule has 0 heterocycles. The Morgan fingerprint density at radius 1 is 1.44 bits per heavy atom. The summed E-state index contributed by atoms with van der Waals surface area (Å²) in [5.41, 5.74) is 4.91. The molecule has 4 N–H and O–H groups in total. The van der Waals surface area contributed by atoms with Gasteiger partial charge in [0.25, 0.3) is 0 Å². The van der Waals surface area contributed by atoms with E-state index in [1.165, 1.54) is 0 Å². The van der Waals surface area contributed by atoms with E-state index < -0.39 is 5.97 Å². The second-order valence-corrected chi connectivity index (χ2v) is 1.30. The zero-order valence-electron chi connectivity index (χ0n) is 5.00. The molecule has 0 atom stereocenters. The Morgan fingerprint density at radius 3 is 2.56 bits per heavy atom. The van der Waals surface area contributed by atoms with E-state index in [2.05, 4.69) is 15.5 Å². The van der Waals surface area contributed by atoms with Gasteiger partial charge in [0.05, 0.1) is 6.54 Å². The molecule has 0 aliphatic carbocycles. The first-order valence-electron chi connectivity index (χ1n) is 2.48. The highest BCUT2D eigenvalue weighted by molar-refractivity contribution is 5.71. The molecule has 0 unspecified atom stereocenters. The van der Waals surface area contributed by atoms with Crippen molar-refractivity contribution in [1.29, 1.82) is 0 Å². The number of hydrogen-bond donors (Lipinski definition) is 2. The Labute approximate surface area is 52.9 Å². The van der Waals surface area contributed by atoms with E-state index >= 15 is 0 Å². The van der Waals surface area contributed by atoms with Crippen molar-refractivity contribution in [2.24, 2.45) is 11.6 Å². The van der Waals surface area contributed by atoms with Gasteiger partial charge in [-0.3, -0.25) is 4.79 Å². The van der Waals surface area contributed by atoms with E-state index in [1.54, 1.807) is 0 Å². The van der Waals surface area contributed by atoms with Gasteiger partial charge < -0.3 is 15.3 Å². The molecule has 9 heavy (non-hydrogen) atoms. The van der Waals surface area contributed by atoms with Crippen LogP contribution in [0.2, 0.25) is 0 Å². The zero-order chi connectivity index (χ0) is 7.11. The van der Waals surface area contributed by atoms with Crippen molar-refractivity contribution in [3.8, 4) is 0 Å². The van der Waals surface area contributed by atoms with Gasteiger partial charge in [-0.1, -0.05) is 0 Å². The quantitative estimate of drug-likeness (QED) is 0.274. The molecule has 0 saturated carbocycles. The van der Waals surface area contributed by atoms with Crippen molar-refractivity contribution in [1.82, 2.24) is 0 Å². The average molecular weight is 134 g/mol. The summed E-state index contributed by atoms with van der Waals surface area (Å²) < 4.78 is 4.46. The maximum atomic E-state index is 10.2. The first-order valence-corrected chi connectivity index (χ1v) is 2.48. The standard InChI is InChI=1S/C4H10N2O3/c5-3-4(7)8-1-2-9-6/h1-3,5-6H2. The minimum absolute atomic E-state index is 0.107. The Morgan fingerprint density at radius 2 is 2.11 bits per heavy atom. The lowest BCUT2D eigenvalue weighted by Crippen LogP contribution is -2.19. The van der Waals surface area contributed by atoms with Gasteiger partial charge in [-0.25, -0.2) is 5.90 Å². The molecule has 5 heteroatoms. The van der Waals surface area contributed by atoms with Crippen molar-refractivity contribution >= 4 is 5.97 Å².